The number of rotatable bonds is 7. The number of thiophene rings is 1. The summed E-state index contributed by atoms with van der Waals surface area (Å²) in [6, 6.07) is 29.1. The van der Waals surface area contributed by atoms with Crippen molar-refractivity contribution in [2.24, 2.45) is 4.99 Å². The summed E-state index contributed by atoms with van der Waals surface area (Å²) >= 11 is 1.75. The van der Waals surface area contributed by atoms with Gasteiger partial charge in [0.15, 0.2) is 0 Å². The first-order chi connectivity index (χ1) is 15.8. The second-order valence-corrected chi connectivity index (χ2v) is 8.63. The zero-order valence-electron chi connectivity index (χ0n) is 17.9. The van der Waals surface area contributed by atoms with Gasteiger partial charge in [0.2, 0.25) is 0 Å². The van der Waals surface area contributed by atoms with Crippen LogP contribution in [0.2, 0.25) is 0 Å². The number of methoxy groups -OCH3 is 1. The van der Waals surface area contributed by atoms with Gasteiger partial charge in [0, 0.05) is 29.3 Å². The highest BCUT2D eigenvalue weighted by molar-refractivity contribution is 7.17. The summed E-state index contributed by atoms with van der Waals surface area (Å²) in [5.41, 5.74) is 4.72. The number of benzene rings is 3. The lowest BCUT2D eigenvalue weighted by atomic mass is 10.1. The van der Waals surface area contributed by atoms with E-state index < -0.39 is 0 Å². The Morgan fingerprint density at radius 2 is 1.75 bits per heavy atom. The van der Waals surface area contributed by atoms with Crippen LogP contribution in [0, 0.1) is 0 Å². The molecule has 0 bridgehead atoms. The van der Waals surface area contributed by atoms with Gasteiger partial charge in [-0.05, 0) is 53.6 Å². The molecular formula is C27H24N2O2S. The van der Waals surface area contributed by atoms with Gasteiger partial charge in [0.1, 0.15) is 18.2 Å². The maximum Gasteiger partial charge on any atom is 0.120 e. The molecule has 0 spiro atoms. The number of nitrogens with zero attached hydrogens (tertiary/aromatic N) is 2. The van der Waals surface area contributed by atoms with Gasteiger partial charge < -0.3 is 14.4 Å². The largest absolute Gasteiger partial charge is 0.497 e. The van der Waals surface area contributed by atoms with Crippen molar-refractivity contribution in [3.63, 3.8) is 0 Å². The van der Waals surface area contributed by atoms with Crippen molar-refractivity contribution in [2.75, 3.05) is 25.3 Å². The molecule has 0 N–H and O–H groups in total. The highest BCUT2D eigenvalue weighted by atomic mass is 32.1. The van der Waals surface area contributed by atoms with Gasteiger partial charge in [-0.2, -0.15) is 0 Å². The first-order valence-electron chi connectivity index (χ1n) is 10.6. The Balaban J connectivity index is 1.30. The molecule has 160 valence electrons. The van der Waals surface area contributed by atoms with Gasteiger partial charge in [0.05, 0.1) is 24.3 Å². The van der Waals surface area contributed by atoms with E-state index in [-0.39, 0.29) is 0 Å². The summed E-state index contributed by atoms with van der Waals surface area (Å²) in [6.07, 6.45) is 2.88. The standard InChI is InChI=1S/C27H24N2O2S/c1-30-24-9-5-8-22(16-24)29-19-28-18-27-25(29)17-26(32-27)21-10-12-23(13-11-21)31-15-14-20-6-3-2-4-7-20/h2-13,16-18H,14-15,19H2,1H3. The van der Waals surface area contributed by atoms with Crippen molar-refractivity contribution in [1.82, 2.24) is 0 Å². The van der Waals surface area contributed by atoms with Crippen LogP contribution >= 0.6 is 11.3 Å². The molecule has 5 heteroatoms. The minimum Gasteiger partial charge on any atom is -0.497 e. The van der Waals surface area contributed by atoms with Crippen molar-refractivity contribution < 1.29 is 9.47 Å². The fraction of sp³-hybridized carbons (Fsp3) is 0.148. The van der Waals surface area contributed by atoms with E-state index >= 15 is 0 Å². The number of ether oxygens (including phenoxy) is 2. The van der Waals surface area contributed by atoms with Crippen molar-refractivity contribution in [1.29, 1.82) is 0 Å². The molecule has 2 heterocycles. The second-order valence-electron chi connectivity index (χ2n) is 7.55. The van der Waals surface area contributed by atoms with Crippen molar-refractivity contribution >= 4 is 28.9 Å². The molecule has 0 saturated carbocycles. The van der Waals surface area contributed by atoms with E-state index in [4.69, 9.17) is 9.47 Å². The number of aliphatic imine (C=N–C) groups is 1. The van der Waals surface area contributed by atoms with E-state index in [1.807, 2.05) is 42.6 Å². The summed E-state index contributed by atoms with van der Waals surface area (Å²) < 4.78 is 11.3. The Labute approximate surface area is 192 Å². The second kappa shape index (κ2) is 9.28. The number of hydrogen-bond acceptors (Lipinski definition) is 5. The molecule has 3 aromatic carbocycles. The highest BCUT2D eigenvalue weighted by Crippen LogP contribution is 2.41. The van der Waals surface area contributed by atoms with Gasteiger partial charge in [-0.1, -0.05) is 36.4 Å². The average Bonchev–Trinajstić information content (AvgIpc) is 3.30. The molecule has 0 fully saturated rings. The number of fused-ring (bicyclic) bond motifs is 1. The van der Waals surface area contributed by atoms with Crippen LogP contribution in [0.4, 0.5) is 11.4 Å². The molecule has 0 unspecified atom stereocenters. The predicted molar refractivity (Wildman–Crippen MR) is 133 cm³/mol. The molecular weight excluding hydrogens is 416 g/mol. The lowest BCUT2D eigenvalue weighted by molar-refractivity contribution is 0.322. The molecule has 0 amide bonds. The molecule has 1 aliphatic rings. The van der Waals surface area contributed by atoms with Crippen LogP contribution in [0.25, 0.3) is 10.4 Å². The van der Waals surface area contributed by atoms with Crippen LogP contribution in [0.15, 0.2) is 89.9 Å². The van der Waals surface area contributed by atoms with E-state index in [1.165, 1.54) is 21.7 Å². The van der Waals surface area contributed by atoms with E-state index in [1.54, 1.807) is 18.4 Å². The number of hydrogen-bond donors (Lipinski definition) is 0. The van der Waals surface area contributed by atoms with Crippen molar-refractivity contribution in [3.05, 3.63) is 95.4 Å². The van der Waals surface area contributed by atoms with Crippen LogP contribution in [0.1, 0.15) is 10.4 Å². The summed E-state index contributed by atoms with van der Waals surface area (Å²) in [5.74, 6) is 1.74. The average molecular weight is 441 g/mol. The van der Waals surface area contributed by atoms with E-state index in [2.05, 4.69) is 58.4 Å². The topological polar surface area (TPSA) is 34.1 Å². The summed E-state index contributed by atoms with van der Waals surface area (Å²) in [4.78, 5) is 9.16. The van der Waals surface area contributed by atoms with E-state index in [9.17, 15) is 0 Å². The first kappa shape index (κ1) is 20.3. The zero-order valence-corrected chi connectivity index (χ0v) is 18.7. The van der Waals surface area contributed by atoms with Gasteiger partial charge >= 0.3 is 0 Å². The van der Waals surface area contributed by atoms with Gasteiger partial charge in [-0.25, -0.2) is 0 Å². The summed E-state index contributed by atoms with van der Waals surface area (Å²) in [7, 11) is 1.69. The van der Waals surface area contributed by atoms with Crippen LogP contribution in [0.5, 0.6) is 11.5 Å². The third-order valence-corrected chi connectivity index (χ3v) is 6.58. The maximum absolute atomic E-state index is 5.94. The SMILES string of the molecule is COc1cccc(N2CN=Cc3sc(-c4ccc(OCCc5ccccc5)cc4)cc32)c1. The minimum absolute atomic E-state index is 0.602. The van der Waals surface area contributed by atoms with E-state index in [0.717, 1.165) is 28.5 Å². The van der Waals surface area contributed by atoms with Gasteiger partial charge in [-0.15, -0.1) is 11.3 Å². The van der Waals surface area contributed by atoms with Gasteiger partial charge in [0.25, 0.3) is 0 Å². The smallest absolute Gasteiger partial charge is 0.120 e. The fourth-order valence-electron chi connectivity index (χ4n) is 3.77. The normalized spacial score (nSPS) is 12.5. The lowest BCUT2D eigenvalue weighted by Crippen LogP contribution is -2.20. The number of anilines is 2. The fourth-order valence-corrected chi connectivity index (χ4v) is 4.83. The Hall–Kier alpha value is -3.57. The van der Waals surface area contributed by atoms with E-state index in [0.29, 0.717) is 13.3 Å². The predicted octanol–water partition coefficient (Wildman–Crippen LogP) is 6.57. The molecule has 1 aliphatic heterocycles. The third-order valence-electron chi connectivity index (χ3n) is 5.47. The van der Waals surface area contributed by atoms with Gasteiger partial charge in [-0.3, -0.25) is 4.99 Å². The quantitative estimate of drug-likeness (QED) is 0.326. The molecule has 0 atom stereocenters. The Morgan fingerprint density at radius 1 is 0.906 bits per heavy atom. The summed E-state index contributed by atoms with van der Waals surface area (Å²) in [5, 5.41) is 0. The summed E-state index contributed by atoms with van der Waals surface area (Å²) in [6.45, 7) is 1.27. The molecule has 1 aromatic heterocycles. The molecule has 5 rings (SSSR count). The Kier molecular flexibility index (Phi) is 5.90. The highest BCUT2D eigenvalue weighted by Gasteiger charge is 2.20. The lowest BCUT2D eigenvalue weighted by Gasteiger charge is -2.25. The monoisotopic (exact) mass is 440 g/mol. The minimum atomic E-state index is 0.602. The molecule has 32 heavy (non-hydrogen) atoms. The third kappa shape index (κ3) is 4.39. The van der Waals surface area contributed by atoms with Crippen LogP contribution in [-0.2, 0) is 6.42 Å². The van der Waals surface area contributed by atoms with Crippen LogP contribution in [-0.4, -0.2) is 26.6 Å². The molecule has 0 saturated heterocycles. The van der Waals surface area contributed by atoms with Crippen molar-refractivity contribution in [2.45, 2.75) is 6.42 Å². The molecule has 4 aromatic rings. The zero-order chi connectivity index (χ0) is 21.8. The molecule has 4 nitrogen and oxygen atoms in total. The Morgan fingerprint density at radius 3 is 2.56 bits per heavy atom. The first-order valence-corrected chi connectivity index (χ1v) is 11.4. The maximum atomic E-state index is 5.94. The Bertz CT molecular complexity index is 1220. The van der Waals surface area contributed by atoms with Crippen LogP contribution < -0.4 is 14.4 Å². The van der Waals surface area contributed by atoms with Crippen LogP contribution in [0.3, 0.4) is 0 Å². The molecule has 0 aliphatic carbocycles. The van der Waals surface area contributed by atoms with Crippen molar-refractivity contribution in [3.8, 4) is 21.9 Å². The molecule has 0 radical (unpaired) electrons.